The van der Waals surface area contributed by atoms with E-state index in [2.05, 4.69) is 10.2 Å². The molecule has 1 saturated carbocycles. The molecule has 2 rings (SSSR count). The van der Waals surface area contributed by atoms with Gasteiger partial charge in [-0.3, -0.25) is 9.69 Å². The second-order valence-corrected chi connectivity index (χ2v) is 5.56. The smallest absolute Gasteiger partial charge is 0.237 e. The summed E-state index contributed by atoms with van der Waals surface area (Å²) in [7, 11) is 0. The summed E-state index contributed by atoms with van der Waals surface area (Å²) in [6, 6.07) is 0.635. The lowest BCUT2D eigenvalue weighted by Gasteiger charge is -2.35. The van der Waals surface area contributed by atoms with Crippen molar-refractivity contribution in [3.63, 3.8) is 0 Å². The van der Waals surface area contributed by atoms with Gasteiger partial charge in [-0.25, -0.2) is 0 Å². The molecule has 1 amide bonds. The maximum atomic E-state index is 12.1. The van der Waals surface area contributed by atoms with E-state index in [1.807, 2.05) is 6.92 Å². The van der Waals surface area contributed by atoms with E-state index < -0.39 is 0 Å². The predicted molar refractivity (Wildman–Crippen MR) is 68.6 cm³/mol. The molecule has 4 nitrogen and oxygen atoms in total. The molecule has 1 unspecified atom stereocenters. The normalized spacial score (nSPS) is 29.2. The number of amides is 1. The van der Waals surface area contributed by atoms with Crippen LogP contribution in [0.25, 0.3) is 0 Å². The van der Waals surface area contributed by atoms with Gasteiger partial charge in [0.25, 0.3) is 0 Å². The van der Waals surface area contributed by atoms with Crippen LogP contribution < -0.4 is 11.1 Å². The standard InChI is InChI=1S/C13H25N3O/c1-10(16-8-4-5-11(14)9-16)13(17)15-12-6-2-3-7-12/h10-12H,2-9,14H2,1H3,(H,15,17)/t10?,11-/m1/s1. The Bertz CT molecular complexity index is 263. The van der Waals surface area contributed by atoms with Crippen LogP contribution in [0.2, 0.25) is 0 Å². The number of hydrogen-bond acceptors (Lipinski definition) is 3. The number of rotatable bonds is 3. The van der Waals surface area contributed by atoms with Gasteiger partial charge in [0.15, 0.2) is 0 Å². The molecule has 0 aromatic heterocycles. The second-order valence-electron chi connectivity index (χ2n) is 5.56. The molecule has 17 heavy (non-hydrogen) atoms. The van der Waals surface area contributed by atoms with Crippen molar-refractivity contribution in [1.29, 1.82) is 0 Å². The van der Waals surface area contributed by atoms with Gasteiger partial charge in [-0.2, -0.15) is 0 Å². The van der Waals surface area contributed by atoms with E-state index >= 15 is 0 Å². The summed E-state index contributed by atoms with van der Waals surface area (Å²) in [6.07, 6.45) is 7.02. The van der Waals surface area contributed by atoms with Gasteiger partial charge in [0, 0.05) is 18.6 Å². The van der Waals surface area contributed by atoms with Crippen LogP contribution in [0.5, 0.6) is 0 Å². The van der Waals surface area contributed by atoms with E-state index in [0.29, 0.717) is 6.04 Å². The SMILES string of the molecule is CC(C(=O)NC1CCCC1)N1CCC[C@@H](N)C1. The molecule has 2 atom stereocenters. The van der Waals surface area contributed by atoms with Gasteiger partial charge >= 0.3 is 0 Å². The first-order valence-electron chi connectivity index (χ1n) is 6.97. The molecule has 2 fully saturated rings. The fourth-order valence-electron chi connectivity index (χ4n) is 2.95. The zero-order chi connectivity index (χ0) is 12.3. The fourth-order valence-corrected chi connectivity index (χ4v) is 2.95. The van der Waals surface area contributed by atoms with Crippen LogP contribution in [0, 0.1) is 0 Å². The lowest BCUT2D eigenvalue weighted by atomic mass is 10.0. The van der Waals surface area contributed by atoms with Crippen molar-refractivity contribution in [1.82, 2.24) is 10.2 Å². The highest BCUT2D eigenvalue weighted by molar-refractivity contribution is 5.81. The minimum absolute atomic E-state index is 0.0260. The van der Waals surface area contributed by atoms with Crippen molar-refractivity contribution in [2.24, 2.45) is 5.73 Å². The third kappa shape index (κ3) is 3.42. The fraction of sp³-hybridized carbons (Fsp3) is 0.923. The number of nitrogens with one attached hydrogen (secondary N) is 1. The quantitative estimate of drug-likeness (QED) is 0.768. The lowest BCUT2D eigenvalue weighted by molar-refractivity contribution is -0.127. The molecule has 0 aromatic rings. The number of piperidine rings is 1. The molecule has 3 N–H and O–H groups in total. The van der Waals surface area contributed by atoms with E-state index in [-0.39, 0.29) is 18.0 Å². The molecule has 1 aliphatic carbocycles. The zero-order valence-electron chi connectivity index (χ0n) is 10.8. The van der Waals surface area contributed by atoms with Gasteiger partial charge in [0.05, 0.1) is 6.04 Å². The minimum atomic E-state index is -0.0260. The van der Waals surface area contributed by atoms with Crippen LogP contribution in [0.4, 0.5) is 0 Å². The summed E-state index contributed by atoms with van der Waals surface area (Å²) in [5.41, 5.74) is 5.95. The van der Waals surface area contributed by atoms with Crippen LogP contribution in [-0.2, 0) is 4.79 Å². The first-order valence-corrected chi connectivity index (χ1v) is 6.97. The molecule has 4 heteroatoms. The van der Waals surface area contributed by atoms with Crippen molar-refractivity contribution in [2.75, 3.05) is 13.1 Å². The summed E-state index contributed by atoms with van der Waals surface area (Å²) in [6.45, 7) is 3.87. The molecule has 2 aliphatic rings. The van der Waals surface area contributed by atoms with Crippen LogP contribution >= 0.6 is 0 Å². The van der Waals surface area contributed by atoms with Crippen molar-refractivity contribution in [3.8, 4) is 0 Å². The lowest BCUT2D eigenvalue weighted by Crippen LogP contribution is -2.53. The molecule has 0 bridgehead atoms. The molecular weight excluding hydrogens is 214 g/mol. The van der Waals surface area contributed by atoms with Crippen molar-refractivity contribution >= 4 is 5.91 Å². The summed E-state index contributed by atoms with van der Waals surface area (Å²) in [4.78, 5) is 14.3. The number of carbonyl (C=O) groups excluding carboxylic acids is 1. The second kappa shape index (κ2) is 5.83. The monoisotopic (exact) mass is 239 g/mol. The van der Waals surface area contributed by atoms with Crippen LogP contribution in [-0.4, -0.2) is 42.0 Å². The molecular formula is C13H25N3O. The summed E-state index contributed by atoms with van der Waals surface area (Å²) >= 11 is 0. The number of likely N-dealkylation sites (tertiary alicyclic amines) is 1. The van der Waals surface area contributed by atoms with Gasteiger partial charge < -0.3 is 11.1 Å². The average Bonchev–Trinajstić information content (AvgIpc) is 2.80. The van der Waals surface area contributed by atoms with E-state index in [1.54, 1.807) is 0 Å². The Labute approximate surface area is 104 Å². The first kappa shape index (κ1) is 12.8. The third-order valence-corrected chi connectivity index (χ3v) is 4.12. The maximum absolute atomic E-state index is 12.1. The molecule has 1 saturated heterocycles. The zero-order valence-corrected chi connectivity index (χ0v) is 10.8. The Balaban J connectivity index is 1.80. The van der Waals surface area contributed by atoms with Gasteiger partial charge in [0.1, 0.15) is 0 Å². The van der Waals surface area contributed by atoms with E-state index in [4.69, 9.17) is 5.73 Å². The Morgan fingerprint density at radius 3 is 2.65 bits per heavy atom. The summed E-state index contributed by atoms with van der Waals surface area (Å²) in [5.74, 6) is 0.186. The van der Waals surface area contributed by atoms with Gasteiger partial charge in [-0.15, -0.1) is 0 Å². The highest BCUT2D eigenvalue weighted by Crippen LogP contribution is 2.18. The van der Waals surface area contributed by atoms with E-state index in [1.165, 1.54) is 12.8 Å². The third-order valence-electron chi connectivity index (χ3n) is 4.12. The Kier molecular flexibility index (Phi) is 4.40. The minimum Gasteiger partial charge on any atom is -0.352 e. The molecule has 1 heterocycles. The molecule has 0 aromatic carbocycles. The maximum Gasteiger partial charge on any atom is 0.237 e. The predicted octanol–water partition coefficient (Wildman–Crippen LogP) is 0.857. The molecule has 1 aliphatic heterocycles. The topological polar surface area (TPSA) is 58.4 Å². The van der Waals surface area contributed by atoms with Crippen LogP contribution in [0.3, 0.4) is 0 Å². The summed E-state index contributed by atoms with van der Waals surface area (Å²) < 4.78 is 0. The number of carbonyl (C=O) groups is 1. The van der Waals surface area contributed by atoms with Crippen LogP contribution in [0.15, 0.2) is 0 Å². The Morgan fingerprint density at radius 2 is 2.00 bits per heavy atom. The van der Waals surface area contributed by atoms with E-state index in [9.17, 15) is 4.79 Å². The van der Waals surface area contributed by atoms with Crippen molar-refractivity contribution < 1.29 is 4.79 Å². The largest absolute Gasteiger partial charge is 0.352 e. The summed E-state index contributed by atoms with van der Waals surface area (Å²) in [5, 5.41) is 3.17. The molecule has 0 radical (unpaired) electrons. The number of nitrogens with two attached hydrogens (primary N) is 1. The van der Waals surface area contributed by atoms with E-state index in [0.717, 1.165) is 38.8 Å². The Hall–Kier alpha value is -0.610. The van der Waals surface area contributed by atoms with Gasteiger partial charge in [0.2, 0.25) is 5.91 Å². The molecule has 0 spiro atoms. The highest BCUT2D eigenvalue weighted by Gasteiger charge is 2.27. The average molecular weight is 239 g/mol. The van der Waals surface area contributed by atoms with Crippen LogP contribution in [0.1, 0.15) is 45.4 Å². The number of hydrogen-bond donors (Lipinski definition) is 2. The van der Waals surface area contributed by atoms with Gasteiger partial charge in [-0.1, -0.05) is 12.8 Å². The van der Waals surface area contributed by atoms with Gasteiger partial charge in [-0.05, 0) is 39.2 Å². The Morgan fingerprint density at radius 1 is 1.29 bits per heavy atom. The highest BCUT2D eigenvalue weighted by atomic mass is 16.2. The van der Waals surface area contributed by atoms with Crippen molar-refractivity contribution in [2.45, 2.75) is 63.6 Å². The molecule has 98 valence electrons. The van der Waals surface area contributed by atoms with Crippen molar-refractivity contribution in [3.05, 3.63) is 0 Å². The number of nitrogens with zero attached hydrogens (tertiary/aromatic N) is 1. The first-order chi connectivity index (χ1) is 8.16.